The van der Waals surface area contributed by atoms with E-state index in [2.05, 4.69) is 41.8 Å². The molecule has 0 aliphatic carbocycles. The van der Waals surface area contributed by atoms with E-state index in [0.29, 0.717) is 21.4 Å². The lowest BCUT2D eigenvalue weighted by molar-refractivity contribution is 0.0467. The molecule has 116 valence electrons. The second-order valence-corrected chi connectivity index (χ2v) is 6.46. The summed E-state index contributed by atoms with van der Waals surface area (Å²) in [6.07, 6.45) is 4.61. The predicted octanol–water partition coefficient (Wildman–Crippen LogP) is 2.97. The first-order valence-electron chi connectivity index (χ1n) is 6.48. The molecule has 23 heavy (non-hydrogen) atoms. The molecule has 0 N–H and O–H groups in total. The third-order valence-corrected chi connectivity index (χ3v) is 3.87. The number of rotatable bonds is 3. The van der Waals surface area contributed by atoms with Gasteiger partial charge in [-0.3, -0.25) is 14.2 Å². The van der Waals surface area contributed by atoms with Crippen LogP contribution in [0.3, 0.4) is 0 Å². The maximum atomic E-state index is 12.1. The van der Waals surface area contributed by atoms with Crippen LogP contribution in [0.2, 0.25) is 0 Å². The summed E-state index contributed by atoms with van der Waals surface area (Å²) in [5.41, 5.74) is 0.941. The van der Waals surface area contributed by atoms with Crippen molar-refractivity contribution in [3.63, 3.8) is 0 Å². The van der Waals surface area contributed by atoms with Gasteiger partial charge in [0.05, 0.1) is 11.3 Å². The van der Waals surface area contributed by atoms with Gasteiger partial charge in [-0.05, 0) is 50.1 Å². The topological polar surface area (TPSA) is 73.6 Å². The van der Waals surface area contributed by atoms with Gasteiger partial charge in [0.1, 0.15) is 12.3 Å². The Morgan fingerprint density at radius 2 is 2.00 bits per heavy atom. The Labute approximate surface area is 147 Å². The molecule has 0 amide bonds. The molecule has 8 heteroatoms. The van der Waals surface area contributed by atoms with Crippen molar-refractivity contribution in [2.24, 2.45) is 0 Å². The van der Waals surface area contributed by atoms with Crippen LogP contribution in [0.4, 0.5) is 0 Å². The minimum atomic E-state index is -0.531. The van der Waals surface area contributed by atoms with Crippen LogP contribution in [0.25, 0.3) is 5.65 Å². The minimum Gasteiger partial charge on any atom is -0.456 e. The van der Waals surface area contributed by atoms with Crippen molar-refractivity contribution in [1.82, 2.24) is 14.4 Å². The fourth-order valence-corrected chi connectivity index (χ4v) is 2.65. The number of carbonyl (C=O) groups excluding carboxylic acids is 1. The third kappa shape index (κ3) is 3.65. The number of hydrogen-bond acceptors (Lipinski definition) is 5. The zero-order chi connectivity index (χ0) is 16.4. The Kier molecular flexibility index (Phi) is 4.53. The van der Waals surface area contributed by atoms with Gasteiger partial charge in [-0.1, -0.05) is 0 Å². The molecule has 0 atom stereocenters. The fourth-order valence-electron chi connectivity index (χ4n) is 1.95. The summed E-state index contributed by atoms with van der Waals surface area (Å²) in [5.74, 6) is -0.531. The summed E-state index contributed by atoms with van der Waals surface area (Å²) in [5, 5.41) is 0. The van der Waals surface area contributed by atoms with Gasteiger partial charge in [0.15, 0.2) is 0 Å². The zero-order valence-corrected chi connectivity index (χ0v) is 14.7. The highest BCUT2D eigenvalue weighted by atomic mass is 79.9. The molecule has 0 bridgehead atoms. The molecule has 0 spiro atoms. The van der Waals surface area contributed by atoms with Crippen molar-refractivity contribution in [1.29, 1.82) is 0 Å². The molecule has 0 aliphatic rings. The Morgan fingerprint density at radius 3 is 2.78 bits per heavy atom. The number of hydrogen-bond donors (Lipinski definition) is 0. The number of pyridine rings is 2. The Morgan fingerprint density at radius 1 is 1.17 bits per heavy atom. The average molecular weight is 439 g/mol. The van der Waals surface area contributed by atoms with Gasteiger partial charge in [0, 0.05) is 33.6 Å². The van der Waals surface area contributed by atoms with Crippen LogP contribution in [-0.2, 0) is 11.3 Å². The van der Waals surface area contributed by atoms with Crippen molar-refractivity contribution in [2.75, 3.05) is 0 Å². The molecule has 0 aromatic carbocycles. The monoisotopic (exact) mass is 437 g/mol. The maximum absolute atomic E-state index is 12.1. The minimum absolute atomic E-state index is 0.0901. The molecule has 3 rings (SSSR count). The van der Waals surface area contributed by atoms with Crippen LogP contribution in [0.15, 0.2) is 56.6 Å². The van der Waals surface area contributed by atoms with E-state index in [9.17, 15) is 9.59 Å². The van der Waals surface area contributed by atoms with E-state index in [1.54, 1.807) is 30.6 Å². The fraction of sp³-hybridized carbons (Fsp3) is 0.0667. The second kappa shape index (κ2) is 6.59. The molecule has 3 heterocycles. The number of ether oxygens (including phenoxy) is 1. The highest BCUT2D eigenvalue weighted by Crippen LogP contribution is 2.12. The quantitative estimate of drug-likeness (QED) is 0.587. The molecule has 0 saturated heterocycles. The maximum Gasteiger partial charge on any atom is 0.340 e. The van der Waals surface area contributed by atoms with E-state index in [1.807, 2.05) is 0 Å². The number of nitrogens with zero attached hydrogens (tertiary/aromatic N) is 3. The molecule has 0 radical (unpaired) electrons. The Hall–Kier alpha value is -2.06. The van der Waals surface area contributed by atoms with Gasteiger partial charge in [0.25, 0.3) is 5.56 Å². The van der Waals surface area contributed by atoms with E-state index in [0.717, 1.165) is 4.47 Å². The molecule has 0 unspecified atom stereocenters. The first-order valence-corrected chi connectivity index (χ1v) is 8.07. The SMILES string of the molecule is O=C(OCc1cc(=O)n2cc(Br)ccc2n1)c1cncc(Br)c1. The van der Waals surface area contributed by atoms with E-state index >= 15 is 0 Å². The van der Waals surface area contributed by atoms with Crippen LogP contribution in [0, 0.1) is 0 Å². The van der Waals surface area contributed by atoms with E-state index in [4.69, 9.17) is 4.74 Å². The normalized spacial score (nSPS) is 10.7. The zero-order valence-electron chi connectivity index (χ0n) is 11.6. The largest absolute Gasteiger partial charge is 0.456 e. The van der Waals surface area contributed by atoms with Gasteiger partial charge in [-0.15, -0.1) is 0 Å². The van der Waals surface area contributed by atoms with Crippen LogP contribution in [-0.4, -0.2) is 20.3 Å². The highest BCUT2D eigenvalue weighted by Gasteiger charge is 2.10. The average Bonchev–Trinajstić information content (AvgIpc) is 2.53. The van der Waals surface area contributed by atoms with Crippen molar-refractivity contribution in [2.45, 2.75) is 6.61 Å². The number of esters is 1. The molecule has 0 saturated carbocycles. The lowest BCUT2D eigenvalue weighted by atomic mass is 10.3. The lowest BCUT2D eigenvalue weighted by Crippen LogP contribution is -2.16. The van der Waals surface area contributed by atoms with Crippen LogP contribution < -0.4 is 5.56 Å². The summed E-state index contributed by atoms with van der Waals surface area (Å²) in [6.45, 7) is -0.0901. The Bertz CT molecular complexity index is 956. The van der Waals surface area contributed by atoms with Crippen molar-refractivity contribution in [3.8, 4) is 0 Å². The van der Waals surface area contributed by atoms with Crippen LogP contribution in [0.1, 0.15) is 16.1 Å². The lowest BCUT2D eigenvalue weighted by Gasteiger charge is -2.06. The summed E-state index contributed by atoms with van der Waals surface area (Å²) in [6, 6.07) is 6.43. The van der Waals surface area contributed by atoms with Crippen LogP contribution in [0.5, 0.6) is 0 Å². The van der Waals surface area contributed by atoms with Crippen molar-refractivity contribution < 1.29 is 9.53 Å². The summed E-state index contributed by atoms with van der Waals surface area (Å²) >= 11 is 6.54. The van der Waals surface area contributed by atoms with E-state index in [1.165, 1.54) is 16.7 Å². The molecule has 3 aromatic heterocycles. The second-order valence-electron chi connectivity index (χ2n) is 4.63. The summed E-state index contributed by atoms with van der Waals surface area (Å²) in [7, 11) is 0. The van der Waals surface area contributed by atoms with Gasteiger partial charge in [-0.2, -0.15) is 0 Å². The molecular weight excluding hydrogens is 430 g/mol. The molecule has 3 aromatic rings. The van der Waals surface area contributed by atoms with Gasteiger partial charge < -0.3 is 4.74 Å². The number of carbonyl (C=O) groups is 1. The smallest absolute Gasteiger partial charge is 0.340 e. The summed E-state index contributed by atoms with van der Waals surface area (Å²) < 4.78 is 8.04. The number of aromatic nitrogens is 3. The summed E-state index contributed by atoms with van der Waals surface area (Å²) in [4.78, 5) is 32.2. The first kappa shape index (κ1) is 15.8. The molecule has 0 aliphatic heterocycles. The number of fused-ring (bicyclic) bond motifs is 1. The van der Waals surface area contributed by atoms with Gasteiger partial charge in [-0.25, -0.2) is 9.78 Å². The molecule has 6 nitrogen and oxygen atoms in total. The molecular formula is C15H9Br2N3O3. The highest BCUT2D eigenvalue weighted by molar-refractivity contribution is 9.10. The van der Waals surface area contributed by atoms with Crippen LogP contribution >= 0.6 is 31.9 Å². The van der Waals surface area contributed by atoms with E-state index < -0.39 is 5.97 Å². The standard InChI is InChI=1S/C15H9Br2N3O3/c16-10-1-2-13-19-12(4-14(21)20(13)7-10)8-23-15(22)9-3-11(17)6-18-5-9/h1-7H,8H2. The van der Waals surface area contributed by atoms with Crippen molar-refractivity contribution in [3.05, 3.63) is 73.4 Å². The van der Waals surface area contributed by atoms with Gasteiger partial charge >= 0.3 is 5.97 Å². The van der Waals surface area contributed by atoms with E-state index in [-0.39, 0.29) is 12.2 Å². The Balaban J connectivity index is 1.81. The predicted molar refractivity (Wildman–Crippen MR) is 90.2 cm³/mol. The van der Waals surface area contributed by atoms with Crippen molar-refractivity contribution >= 4 is 43.5 Å². The molecule has 0 fully saturated rings. The van der Waals surface area contributed by atoms with Gasteiger partial charge in [0.2, 0.25) is 0 Å². The number of halogens is 2. The first-order chi connectivity index (χ1) is 11.0. The third-order valence-electron chi connectivity index (χ3n) is 2.97.